The van der Waals surface area contributed by atoms with E-state index in [2.05, 4.69) is 5.32 Å². The maximum atomic E-state index is 12.3. The third-order valence-electron chi connectivity index (χ3n) is 3.95. The molecule has 7 heteroatoms. The number of carbonyl (C=O) groups excluding carboxylic acids is 1. The van der Waals surface area contributed by atoms with Gasteiger partial charge >= 0.3 is 0 Å². The summed E-state index contributed by atoms with van der Waals surface area (Å²) in [5.41, 5.74) is 1.85. The van der Waals surface area contributed by atoms with Gasteiger partial charge in [-0.2, -0.15) is 5.26 Å². The van der Waals surface area contributed by atoms with Crippen molar-refractivity contribution >= 4 is 15.7 Å². The Labute approximate surface area is 166 Å². The number of nitrogens with zero attached hydrogens (tertiary/aromatic N) is 1. The Morgan fingerprint density at radius 1 is 1.07 bits per heavy atom. The van der Waals surface area contributed by atoms with Crippen molar-refractivity contribution < 1.29 is 17.9 Å². The number of rotatable bonds is 8. The van der Waals surface area contributed by atoms with E-state index in [1.165, 1.54) is 0 Å². The van der Waals surface area contributed by atoms with Crippen LogP contribution in [-0.4, -0.2) is 26.2 Å². The molecule has 0 spiro atoms. The van der Waals surface area contributed by atoms with Gasteiger partial charge in [-0.15, -0.1) is 0 Å². The molecule has 0 heterocycles. The highest BCUT2D eigenvalue weighted by Gasteiger charge is 2.19. The minimum atomic E-state index is -3.62. The number of amides is 1. The summed E-state index contributed by atoms with van der Waals surface area (Å²) in [7, 11) is -3.62. The number of ether oxygens (including phenoxy) is 1. The van der Waals surface area contributed by atoms with Crippen LogP contribution in [0.1, 0.15) is 43.5 Å². The van der Waals surface area contributed by atoms with Crippen molar-refractivity contribution in [2.45, 2.75) is 38.7 Å². The molecular weight excluding hydrogens is 376 g/mol. The van der Waals surface area contributed by atoms with Gasteiger partial charge in [0.2, 0.25) is 5.91 Å². The molecule has 1 amide bonds. The summed E-state index contributed by atoms with van der Waals surface area (Å²) in [6, 6.07) is 15.2. The molecule has 0 fully saturated rings. The van der Waals surface area contributed by atoms with Gasteiger partial charge in [-0.25, -0.2) is 8.42 Å². The molecule has 0 aliphatic rings. The lowest BCUT2D eigenvalue weighted by Crippen LogP contribution is -2.32. The summed E-state index contributed by atoms with van der Waals surface area (Å²) >= 11 is 0. The summed E-state index contributed by atoms with van der Waals surface area (Å²) in [5.74, 6) is -0.654. The molecule has 0 aromatic heterocycles. The van der Waals surface area contributed by atoms with E-state index < -0.39 is 21.5 Å². The summed E-state index contributed by atoms with van der Waals surface area (Å²) in [6.45, 7) is 5.67. The highest BCUT2D eigenvalue weighted by Crippen LogP contribution is 2.18. The maximum Gasteiger partial charge on any atom is 0.235 e. The molecule has 1 unspecified atom stereocenters. The summed E-state index contributed by atoms with van der Waals surface area (Å²) < 4.78 is 30.2. The van der Waals surface area contributed by atoms with Crippen LogP contribution in [0.5, 0.6) is 5.75 Å². The Morgan fingerprint density at radius 2 is 1.68 bits per heavy atom. The second kappa shape index (κ2) is 9.38. The largest absolute Gasteiger partial charge is 0.491 e. The molecule has 0 aliphatic heterocycles. The van der Waals surface area contributed by atoms with Crippen molar-refractivity contribution in [3.05, 3.63) is 65.2 Å². The lowest BCUT2D eigenvalue weighted by atomic mass is 10.1. The number of benzene rings is 2. The van der Waals surface area contributed by atoms with Crippen molar-refractivity contribution in [1.82, 2.24) is 5.32 Å². The molecule has 6 nitrogen and oxygen atoms in total. The Balaban J connectivity index is 1.93. The summed E-state index contributed by atoms with van der Waals surface area (Å²) in [4.78, 5) is 12.2. The normalized spacial score (nSPS) is 12.2. The minimum absolute atomic E-state index is 0.0734. The second-order valence-electron chi connectivity index (χ2n) is 6.87. The molecule has 0 saturated heterocycles. The Morgan fingerprint density at radius 3 is 2.21 bits per heavy atom. The van der Waals surface area contributed by atoms with Gasteiger partial charge in [0.15, 0.2) is 9.84 Å². The highest BCUT2D eigenvalue weighted by molar-refractivity contribution is 7.91. The molecule has 148 valence electrons. The van der Waals surface area contributed by atoms with Crippen LogP contribution in [0.2, 0.25) is 0 Å². The predicted molar refractivity (Wildman–Crippen MR) is 107 cm³/mol. The number of nitrogens with one attached hydrogen (secondary N) is 1. The molecule has 1 atom stereocenters. The predicted octanol–water partition coefficient (Wildman–Crippen LogP) is 3.14. The zero-order valence-electron chi connectivity index (χ0n) is 16.2. The summed E-state index contributed by atoms with van der Waals surface area (Å²) in [5, 5.41) is 11.5. The van der Waals surface area contributed by atoms with Gasteiger partial charge in [-0.1, -0.05) is 24.3 Å². The van der Waals surface area contributed by atoms with E-state index in [0.717, 1.165) is 11.3 Å². The van der Waals surface area contributed by atoms with Crippen LogP contribution in [0, 0.1) is 11.3 Å². The fourth-order valence-corrected chi connectivity index (χ4v) is 3.94. The average molecular weight is 401 g/mol. The van der Waals surface area contributed by atoms with Crippen LogP contribution in [0.4, 0.5) is 0 Å². The van der Waals surface area contributed by atoms with Crippen molar-refractivity contribution in [1.29, 1.82) is 5.26 Å². The van der Waals surface area contributed by atoms with Gasteiger partial charge in [0.1, 0.15) is 11.5 Å². The lowest BCUT2D eigenvalue weighted by Gasteiger charge is -2.16. The first kappa shape index (κ1) is 21.5. The SMILES string of the molecule is CC(C)Oc1ccc(C(C)NC(=O)CS(=O)(=O)Cc2ccc(C#N)cc2)cc1. The number of nitriles is 1. The quantitative estimate of drug-likeness (QED) is 0.734. The van der Waals surface area contributed by atoms with Crippen LogP contribution in [-0.2, 0) is 20.4 Å². The lowest BCUT2D eigenvalue weighted by molar-refractivity contribution is -0.119. The van der Waals surface area contributed by atoms with Crippen molar-refractivity contribution in [3.8, 4) is 11.8 Å². The van der Waals surface area contributed by atoms with Crippen LogP contribution in [0.3, 0.4) is 0 Å². The first-order chi connectivity index (χ1) is 13.2. The zero-order chi connectivity index (χ0) is 20.7. The van der Waals surface area contributed by atoms with E-state index in [1.807, 2.05) is 44.2 Å². The molecule has 0 aliphatic carbocycles. The van der Waals surface area contributed by atoms with Gasteiger partial charge in [-0.05, 0) is 56.2 Å². The fraction of sp³-hybridized carbons (Fsp3) is 0.333. The molecule has 2 aromatic rings. The molecule has 28 heavy (non-hydrogen) atoms. The maximum absolute atomic E-state index is 12.3. The topological polar surface area (TPSA) is 96.3 Å². The Hall–Kier alpha value is -2.85. The van der Waals surface area contributed by atoms with Crippen molar-refractivity contribution in [3.63, 3.8) is 0 Å². The molecule has 1 N–H and O–H groups in total. The smallest absolute Gasteiger partial charge is 0.235 e. The van der Waals surface area contributed by atoms with E-state index in [1.54, 1.807) is 31.2 Å². The third-order valence-corrected chi connectivity index (χ3v) is 5.43. The van der Waals surface area contributed by atoms with Gasteiger partial charge in [0.05, 0.1) is 29.5 Å². The monoisotopic (exact) mass is 400 g/mol. The zero-order valence-corrected chi connectivity index (χ0v) is 17.0. The van der Waals surface area contributed by atoms with Gasteiger partial charge in [0.25, 0.3) is 0 Å². The van der Waals surface area contributed by atoms with Gasteiger partial charge in [0, 0.05) is 0 Å². The number of sulfone groups is 1. The van der Waals surface area contributed by atoms with Crippen LogP contribution in [0.25, 0.3) is 0 Å². The van der Waals surface area contributed by atoms with E-state index in [0.29, 0.717) is 11.1 Å². The highest BCUT2D eigenvalue weighted by atomic mass is 32.2. The van der Waals surface area contributed by atoms with Crippen LogP contribution in [0.15, 0.2) is 48.5 Å². The Kier molecular flexibility index (Phi) is 7.18. The molecule has 0 radical (unpaired) electrons. The fourth-order valence-electron chi connectivity index (χ4n) is 2.65. The standard InChI is InChI=1S/C21H24N2O4S/c1-15(2)27-20-10-8-19(9-11-20)16(3)23-21(24)14-28(25,26)13-18-6-4-17(12-22)5-7-18/h4-11,15-16H,13-14H2,1-3H3,(H,23,24). The van der Waals surface area contributed by atoms with Crippen molar-refractivity contribution in [2.24, 2.45) is 0 Å². The van der Waals surface area contributed by atoms with E-state index >= 15 is 0 Å². The number of carbonyl (C=O) groups is 1. The van der Waals surface area contributed by atoms with Crippen LogP contribution >= 0.6 is 0 Å². The Bertz CT molecular complexity index is 943. The average Bonchev–Trinajstić information content (AvgIpc) is 2.61. The molecular formula is C21H24N2O4S. The third kappa shape index (κ3) is 6.71. The first-order valence-electron chi connectivity index (χ1n) is 8.94. The van der Waals surface area contributed by atoms with E-state index in [4.69, 9.17) is 10.00 Å². The molecule has 0 saturated carbocycles. The molecule has 2 rings (SSSR count). The summed E-state index contributed by atoms with van der Waals surface area (Å²) in [6.07, 6.45) is 0.0734. The van der Waals surface area contributed by atoms with E-state index in [9.17, 15) is 13.2 Å². The van der Waals surface area contributed by atoms with Gasteiger partial charge < -0.3 is 10.1 Å². The number of hydrogen-bond acceptors (Lipinski definition) is 5. The second-order valence-corrected chi connectivity index (χ2v) is 8.93. The minimum Gasteiger partial charge on any atom is -0.491 e. The van der Waals surface area contributed by atoms with Gasteiger partial charge in [-0.3, -0.25) is 4.79 Å². The molecule has 0 bridgehead atoms. The molecule has 2 aromatic carbocycles. The van der Waals surface area contributed by atoms with E-state index in [-0.39, 0.29) is 17.9 Å². The number of hydrogen-bond donors (Lipinski definition) is 1. The first-order valence-corrected chi connectivity index (χ1v) is 10.8. The van der Waals surface area contributed by atoms with Crippen molar-refractivity contribution in [2.75, 3.05) is 5.75 Å². The van der Waals surface area contributed by atoms with Crippen LogP contribution < -0.4 is 10.1 Å².